The normalized spacial score (nSPS) is 19.4. The summed E-state index contributed by atoms with van der Waals surface area (Å²) in [5.74, 6) is 0.305. The molecule has 1 aromatic rings. The Hall–Kier alpha value is -0.920. The highest BCUT2D eigenvalue weighted by atomic mass is 32.2. The Morgan fingerprint density at radius 1 is 1.42 bits per heavy atom. The Labute approximate surface area is 114 Å². The van der Waals surface area contributed by atoms with Gasteiger partial charge in [-0.3, -0.25) is 5.10 Å². The average Bonchev–Trinajstić information content (AvgIpc) is 2.92. The molecule has 0 radical (unpaired) electrons. The molecule has 0 aliphatic carbocycles. The summed E-state index contributed by atoms with van der Waals surface area (Å²) in [6.45, 7) is 5.77. The molecule has 2 N–H and O–H groups in total. The Bertz CT molecular complexity index is 466. The minimum atomic E-state index is -3.42. The van der Waals surface area contributed by atoms with E-state index in [1.807, 2.05) is 0 Å². The quantitative estimate of drug-likeness (QED) is 0.811. The van der Waals surface area contributed by atoms with Crippen LogP contribution in [0.15, 0.2) is 17.3 Å². The van der Waals surface area contributed by atoms with Gasteiger partial charge >= 0.3 is 0 Å². The molecule has 0 bridgehead atoms. The van der Waals surface area contributed by atoms with Crippen LogP contribution >= 0.6 is 0 Å². The third kappa shape index (κ3) is 4.29. The molecule has 19 heavy (non-hydrogen) atoms. The summed E-state index contributed by atoms with van der Waals surface area (Å²) in [5.41, 5.74) is 0. The van der Waals surface area contributed by atoms with Crippen molar-refractivity contribution in [1.29, 1.82) is 0 Å². The maximum absolute atomic E-state index is 11.9. The summed E-state index contributed by atoms with van der Waals surface area (Å²) in [7, 11) is -3.42. The fourth-order valence-corrected chi connectivity index (χ4v) is 3.44. The van der Waals surface area contributed by atoms with Crippen molar-refractivity contribution in [3.05, 3.63) is 12.4 Å². The van der Waals surface area contributed by atoms with Gasteiger partial charge in [-0.2, -0.15) is 5.10 Å². The van der Waals surface area contributed by atoms with Crippen LogP contribution in [-0.2, 0) is 10.0 Å². The number of H-pyrrole nitrogens is 1. The fourth-order valence-electron chi connectivity index (χ4n) is 2.37. The van der Waals surface area contributed by atoms with Crippen molar-refractivity contribution in [2.24, 2.45) is 5.92 Å². The van der Waals surface area contributed by atoms with Gasteiger partial charge in [0.2, 0.25) is 10.0 Å². The molecular formula is C12H22N4O2S. The van der Waals surface area contributed by atoms with E-state index in [0.717, 1.165) is 19.6 Å². The van der Waals surface area contributed by atoms with Crippen molar-refractivity contribution < 1.29 is 8.42 Å². The van der Waals surface area contributed by atoms with E-state index in [0.29, 0.717) is 12.5 Å². The lowest BCUT2D eigenvalue weighted by molar-refractivity contribution is 0.201. The van der Waals surface area contributed by atoms with Gasteiger partial charge in [0.25, 0.3) is 0 Å². The van der Waals surface area contributed by atoms with Crippen molar-refractivity contribution in [1.82, 2.24) is 19.8 Å². The molecule has 1 aliphatic rings. The van der Waals surface area contributed by atoms with Gasteiger partial charge in [0.15, 0.2) is 0 Å². The number of aromatic nitrogens is 2. The molecule has 0 amide bonds. The molecule has 7 heteroatoms. The summed E-state index contributed by atoms with van der Waals surface area (Å²) in [6, 6.07) is 0. The Morgan fingerprint density at radius 3 is 2.79 bits per heavy atom. The molecule has 2 heterocycles. The molecule has 0 aromatic carbocycles. The molecule has 1 aliphatic heterocycles. The Morgan fingerprint density at radius 2 is 2.16 bits per heavy atom. The van der Waals surface area contributed by atoms with Crippen LogP contribution in [0.1, 0.15) is 26.2 Å². The van der Waals surface area contributed by atoms with Gasteiger partial charge < -0.3 is 4.90 Å². The van der Waals surface area contributed by atoms with Crippen LogP contribution in [-0.4, -0.2) is 49.7 Å². The Balaban J connectivity index is 1.78. The van der Waals surface area contributed by atoms with Crippen molar-refractivity contribution in [2.75, 3.05) is 26.2 Å². The van der Waals surface area contributed by atoms with E-state index in [-0.39, 0.29) is 4.90 Å². The third-order valence-electron chi connectivity index (χ3n) is 3.42. The SMILES string of the molecule is CC(CNS(=O)(=O)c1cn[nH]c1)CN1CCCCC1. The van der Waals surface area contributed by atoms with Crippen LogP contribution in [0.2, 0.25) is 0 Å². The van der Waals surface area contributed by atoms with Gasteiger partial charge in [-0.15, -0.1) is 0 Å². The lowest BCUT2D eigenvalue weighted by Crippen LogP contribution is -2.37. The lowest BCUT2D eigenvalue weighted by atomic mass is 10.1. The number of rotatable bonds is 6. The number of nitrogens with one attached hydrogen (secondary N) is 2. The topological polar surface area (TPSA) is 78.1 Å². The highest BCUT2D eigenvalue weighted by Gasteiger charge is 2.18. The first-order valence-corrected chi connectivity index (χ1v) is 8.27. The summed E-state index contributed by atoms with van der Waals surface area (Å²) < 4.78 is 26.4. The summed E-state index contributed by atoms with van der Waals surface area (Å²) >= 11 is 0. The van der Waals surface area contributed by atoms with Gasteiger partial charge in [-0.05, 0) is 31.8 Å². The van der Waals surface area contributed by atoms with Crippen LogP contribution in [0.3, 0.4) is 0 Å². The third-order valence-corrected chi connectivity index (χ3v) is 4.81. The number of sulfonamides is 1. The summed E-state index contributed by atoms with van der Waals surface area (Å²) in [4.78, 5) is 2.61. The maximum Gasteiger partial charge on any atom is 0.243 e. The van der Waals surface area contributed by atoms with E-state index >= 15 is 0 Å². The highest BCUT2D eigenvalue weighted by Crippen LogP contribution is 2.11. The zero-order chi connectivity index (χ0) is 13.7. The lowest BCUT2D eigenvalue weighted by Gasteiger charge is -2.29. The fraction of sp³-hybridized carbons (Fsp3) is 0.750. The van der Waals surface area contributed by atoms with E-state index in [2.05, 4.69) is 26.7 Å². The van der Waals surface area contributed by atoms with Crippen LogP contribution in [0, 0.1) is 5.92 Å². The van der Waals surface area contributed by atoms with Gasteiger partial charge in [0.1, 0.15) is 4.90 Å². The van der Waals surface area contributed by atoms with Crippen molar-refractivity contribution >= 4 is 10.0 Å². The number of piperidine rings is 1. The molecule has 6 nitrogen and oxygen atoms in total. The number of hydrogen-bond donors (Lipinski definition) is 2. The van der Waals surface area contributed by atoms with Crippen LogP contribution in [0.5, 0.6) is 0 Å². The largest absolute Gasteiger partial charge is 0.303 e. The second-order valence-corrected chi connectivity index (χ2v) is 7.02. The van der Waals surface area contributed by atoms with Gasteiger partial charge in [0.05, 0.1) is 6.20 Å². The minimum Gasteiger partial charge on any atom is -0.303 e. The predicted octanol–water partition coefficient (Wildman–Crippen LogP) is 0.810. The standard InChI is InChI=1S/C12H22N4O2S/c1-11(10-16-5-3-2-4-6-16)7-15-19(17,18)12-8-13-14-9-12/h8-9,11,15H,2-7,10H2,1H3,(H,13,14). The number of hydrogen-bond acceptors (Lipinski definition) is 4. The monoisotopic (exact) mass is 286 g/mol. The van der Waals surface area contributed by atoms with Crippen LogP contribution in [0.25, 0.3) is 0 Å². The van der Waals surface area contributed by atoms with E-state index in [1.54, 1.807) is 0 Å². The number of likely N-dealkylation sites (tertiary alicyclic amines) is 1. The molecule has 1 aromatic heterocycles. The maximum atomic E-state index is 11.9. The van der Waals surface area contributed by atoms with Crippen molar-refractivity contribution in [3.8, 4) is 0 Å². The summed E-state index contributed by atoms with van der Waals surface area (Å²) in [6.07, 6.45) is 6.54. The van der Waals surface area contributed by atoms with Crippen LogP contribution < -0.4 is 4.72 Å². The van der Waals surface area contributed by atoms with Crippen molar-refractivity contribution in [3.63, 3.8) is 0 Å². The van der Waals surface area contributed by atoms with Gasteiger partial charge in [-0.25, -0.2) is 13.1 Å². The molecule has 1 fully saturated rings. The smallest absolute Gasteiger partial charge is 0.243 e. The second-order valence-electron chi connectivity index (χ2n) is 5.25. The van der Waals surface area contributed by atoms with Gasteiger partial charge in [-0.1, -0.05) is 13.3 Å². The highest BCUT2D eigenvalue weighted by molar-refractivity contribution is 7.89. The molecule has 108 valence electrons. The van der Waals surface area contributed by atoms with E-state index in [4.69, 9.17) is 0 Å². The first-order chi connectivity index (χ1) is 9.08. The van der Waals surface area contributed by atoms with E-state index in [9.17, 15) is 8.42 Å². The van der Waals surface area contributed by atoms with Gasteiger partial charge in [0, 0.05) is 19.3 Å². The molecule has 0 saturated carbocycles. The first-order valence-electron chi connectivity index (χ1n) is 6.79. The number of aromatic amines is 1. The van der Waals surface area contributed by atoms with E-state index in [1.165, 1.54) is 31.7 Å². The molecule has 0 spiro atoms. The van der Waals surface area contributed by atoms with Crippen LogP contribution in [0.4, 0.5) is 0 Å². The van der Waals surface area contributed by atoms with E-state index < -0.39 is 10.0 Å². The Kier molecular flexibility index (Phi) is 4.95. The zero-order valence-electron chi connectivity index (χ0n) is 11.3. The minimum absolute atomic E-state index is 0.192. The second kappa shape index (κ2) is 6.49. The predicted molar refractivity (Wildman–Crippen MR) is 73.2 cm³/mol. The molecule has 1 unspecified atom stereocenters. The molecule has 1 saturated heterocycles. The average molecular weight is 286 g/mol. The molecule has 1 atom stereocenters. The molecule has 2 rings (SSSR count). The first kappa shape index (κ1) is 14.5. The summed E-state index contributed by atoms with van der Waals surface area (Å²) in [5, 5.41) is 6.17. The van der Waals surface area contributed by atoms with Crippen molar-refractivity contribution in [2.45, 2.75) is 31.1 Å². The number of nitrogens with zero attached hydrogens (tertiary/aromatic N) is 2. The zero-order valence-corrected chi connectivity index (χ0v) is 12.1. The molecular weight excluding hydrogens is 264 g/mol.